The molecule has 45 heavy (non-hydrogen) atoms. The average Bonchev–Trinajstić information content (AvgIpc) is 3.48. The van der Waals surface area contributed by atoms with E-state index in [1.54, 1.807) is 6.08 Å². The number of nitriles is 1. The second kappa shape index (κ2) is 12.7. The van der Waals surface area contributed by atoms with Crippen LogP contribution in [0.2, 0.25) is 5.04 Å². The van der Waals surface area contributed by atoms with Crippen LogP contribution in [0.4, 0.5) is 0 Å². The van der Waals surface area contributed by atoms with E-state index in [1.807, 2.05) is 13.0 Å². The Labute approximate surface area is 267 Å². The number of cyclic esters (lactones) is 1. The van der Waals surface area contributed by atoms with Crippen LogP contribution in [0.5, 0.6) is 0 Å². The van der Waals surface area contributed by atoms with Crippen LogP contribution in [0.15, 0.2) is 66.7 Å². The minimum atomic E-state index is -2.83. The van der Waals surface area contributed by atoms with Crippen molar-refractivity contribution >= 4 is 24.7 Å². The quantitative estimate of drug-likeness (QED) is 0.210. The third-order valence-corrected chi connectivity index (χ3v) is 15.1. The topological polar surface area (TPSA) is 96.2 Å². The molecule has 7 unspecified atom stereocenters. The Kier molecular flexibility index (Phi) is 9.10. The summed E-state index contributed by atoms with van der Waals surface area (Å²) in [5.41, 5.74) is 0.349. The second-order valence-corrected chi connectivity index (χ2v) is 18.8. The lowest BCUT2D eigenvalue weighted by Crippen LogP contribution is -2.67. The van der Waals surface area contributed by atoms with Crippen molar-refractivity contribution in [2.45, 2.75) is 120 Å². The van der Waals surface area contributed by atoms with Gasteiger partial charge in [-0.25, -0.2) is 24.3 Å². The van der Waals surface area contributed by atoms with E-state index in [2.05, 4.69) is 75.4 Å². The zero-order chi connectivity index (χ0) is 31.7. The van der Waals surface area contributed by atoms with Crippen LogP contribution in [0.3, 0.4) is 0 Å². The molecule has 3 heterocycles. The van der Waals surface area contributed by atoms with E-state index in [0.29, 0.717) is 25.4 Å². The van der Waals surface area contributed by atoms with Crippen molar-refractivity contribution in [3.05, 3.63) is 72.3 Å². The van der Waals surface area contributed by atoms with Crippen LogP contribution >= 0.6 is 0 Å². The number of carbonyl (C=O) groups is 1. The molecular formula is C36H45NO7Si. The van der Waals surface area contributed by atoms with E-state index < -0.39 is 20.0 Å². The van der Waals surface area contributed by atoms with Crippen LogP contribution in [0, 0.1) is 11.3 Å². The maximum atomic E-state index is 11.5. The van der Waals surface area contributed by atoms with Crippen molar-refractivity contribution in [3.8, 4) is 6.07 Å². The van der Waals surface area contributed by atoms with Crippen molar-refractivity contribution in [2.24, 2.45) is 0 Å². The predicted molar refractivity (Wildman–Crippen MR) is 171 cm³/mol. The lowest BCUT2D eigenvalue weighted by Gasteiger charge is -2.46. The third-order valence-electron chi connectivity index (χ3n) is 10.1. The van der Waals surface area contributed by atoms with Crippen molar-refractivity contribution in [1.82, 2.24) is 0 Å². The largest absolute Gasteiger partial charge is 0.452 e. The minimum absolute atomic E-state index is 0.182. The molecule has 1 spiro atoms. The molecule has 2 aromatic rings. The fourth-order valence-electron chi connectivity index (χ4n) is 7.60. The Morgan fingerprint density at radius 1 is 0.956 bits per heavy atom. The summed E-state index contributed by atoms with van der Waals surface area (Å²) in [6, 6.07) is 21.9. The molecule has 1 aliphatic carbocycles. The number of hydrogen-bond donors (Lipinski definition) is 0. The molecule has 8 nitrogen and oxygen atoms in total. The fourth-order valence-corrected chi connectivity index (χ4v) is 12.2. The second-order valence-electron chi connectivity index (χ2n) is 14.5. The van der Waals surface area contributed by atoms with E-state index in [0.717, 1.165) is 38.5 Å². The molecule has 0 N–H and O–H groups in total. The third kappa shape index (κ3) is 6.55. The summed E-state index contributed by atoms with van der Waals surface area (Å²) in [6.45, 7) is 9.18. The average molecular weight is 632 g/mol. The molecule has 0 amide bonds. The van der Waals surface area contributed by atoms with Crippen LogP contribution in [0.1, 0.15) is 90.5 Å². The summed E-state index contributed by atoms with van der Waals surface area (Å²) in [5, 5.41) is 11.5. The van der Waals surface area contributed by atoms with E-state index in [-0.39, 0.29) is 28.8 Å². The lowest BCUT2D eigenvalue weighted by atomic mass is 9.72. The van der Waals surface area contributed by atoms with Gasteiger partial charge in [0.05, 0.1) is 12.7 Å². The van der Waals surface area contributed by atoms with Crippen molar-refractivity contribution < 1.29 is 33.5 Å². The minimum Gasteiger partial charge on any atom is -0.452 e. The highest BCUT2D eigenvalue weighted by Gasteiger charge is 2.52. The standard InChI is InChI=1S/C36H45NO7Si/c1-34(2,3)45(29-10-6-5-7-11-29,39-25-35(4)21-18-28(24-37)41-43-35)30-14-12-26(13-15-30)27-9-8-20-36(23-27)22-19-32(42-44-36)31-16-17-33(38)40-31/h5-7,10-17,27-28,31-32H,8-9,18-23,25H2,1-4H3. The first-order chi connectivity index (χ1) is 21.5. The summed E-state index contributed by atoms with van der Waals surface area (Å²) in [6.07, 6.45) is 9.08. The molecule has 2 aromatic carbocycles. The number of hydrogen-bond acceptors (Lipinski definition) is 8. The van der Waals surface area contributed by atoms with Crippen LogP contribution in [0.25, 0.3) is 0 Å². The predicted octanol–water partition coefficient (Wildman–Crippen LogP) is 5.94. The Bertz CT molecular complexity index is 1400. The van der Waals surface area contributed by atoms with Gasteiger partial charge >= 0.3 is 5.97 Å². The molecule has 9 heteroatoms. The van der Waals surface area contributed by atoms with Gasteiger partial charge in [0.2, 0.25) is 0 Å². The summed E-state index contributed by atoms with van der Waals surface area (Å²) in [5.74, 6) is 0.0424. The molecule has 0 aromatic heterocycles. The van der Waals surface area contributed by atoms with Gasteiger partial charge in [-0.15, -0.1) is 0 Å². The van der Waals surface area contributed by atoms with Crippen molar-refractivity contribution in [1.29, 1.82) is 5.26 Å². The molecule has 3 fully saturated rings. The zero-order valence-corrected chi connectivity index (χ0v) is 27.8. The Hall–Kier alpha value is -2.84. The zero-order valence-electron chi connectivity index (χ0n) is 26.8. The summed E-state index contributed by atoms with van der Waals surface area (Å²) in [4.78, 5) is 34.7. The van der Waals surface area contributed by atoms with Crippen molar-refractivity contribution in [2.75, 3.05) is 6.61 Å². The molecule has 2 saturated heterocycles. The van der Waals surface area contributed by atoms with Crippen LogP contribution in [-0.2, 0) is 33.5 Å². The Morgan fingerprint density at radius 3 is 2.31 bits per heavy atom. The number of carbonyl (C=O) groups excluding carboxylic acids is 1. The van der Waals surface area contributed by atoms with E-state index in [4.69, 9.17) is 28.7 Å². The number of rotatable bonds is 7. The number of esters is 1. The van der Waals surface area contributed by atoms with Gasteiger partial charge in [0.1, 0.15) is 17.3 Å². The smallest absolute Gasteiger partial charge is 0.331 e. The van der Waals surface area contributed by atoms with Gasteiger partial charge in [0, 0.05) is 6.08 Å². The van der Waals surface area contributed by atoms with Crippen molar-refractivity contribution in [3.63, 3.8) is 0 Å². The van der Waals surface area contributed by atoms with E-state index in [9.17, 15) is 10.1 Å². The van der Waals surface area contributed by atoms with E-state index >= 15 is 0 Å². The fraction of sp³-hybridized carbons (Fsp3) is 0.556. The molecule has 6 rings (SSSR count). The monoisotopic (exact) mass is 631 g/mol. The highest BCUT2D eigenvalue weighted by atomic mass is 28.4. The maximum absolute atomic E-state index is 11.5. The highest BCUT2D eigenvalue weighted by Crippen LogP contribution is 2.46. The summed E-state index contributed by atoms with van der Waals surface area (Å²) in [7, 11) is -2.83. The first-order valence-corrected chi connectivity index (χ1v) is 18.2. The van der Waals surface area contributed by atoms with Gasteiger partial charge in [0.15, 0.2) is 12.2 Å². The van der Waals surface area contributed by atoms with Crippen LogP contribution < -0.4 is 10.4 Å². The number of nitrogens with zero attached hydrogens (tertiary/aromatic N) is 1. The molecule has 0 radical (unpaired) electrons. The van der Waals surface area contributed by atoms with Gasteiger partial charge in [0.25, 0.3) is 8.32 Å². The SMILES string of the molecule is CC1(CO[Si](c2ccccc2)(c2ccc(C3CCCC4(CCC(C5C=CC(=O)O5)OO4)C3)cc2)C(C)(C)C)CCC(C#N)OO1. The van der Waals surface area contributed by atoms with Gasteiger partial charge in [-0.3, -0.25) is 0 Å². The first kappa shape index (κ1) is 32.1. The molecule has 240 valence electrons. The molecule has 1 saturated carbocycles. The normalized spacial score (nSPS) is 33.4. The van der Waals surface area contributed by atoms with Gasteiger partial charge < -0.3 is 9.16 Å². The molecule has 7 atom stereocenters. The first-order valence-electron chi connectivity index (χ1n) is 16.3. The molecule has 0 bridgehead atoms. The van der Waals surface area contributed by atoms with Gasteiger partial charge in [-0.2, -0.15) is 5.26 Å². The molecule has 3 aliphatic heterocycles. The number of benzene rings is 2. The van der Waals surface area contributed by atoms with E-state index in [1.165, 1.54) is 22.0 Å². The molecular weight excluding hydrogens is 586 g/mol. The Morgan fingerprint density at radius 2 is 1.71 bits per heavy atom. The lowest BCUT2D eigenvalue weighted by molar-refractivity contribution is -0.421. The van der Waals surface area contributed by atoms with Gasteiger partial charge in [-0.05, 0) is 91.3 Å². The molecule has 4 aliphatic rings. The summed E-state index contributed by atoms with van der Waals surface area (Å²) < 4.78 is 12.5. The van der Waals surface area contributed by atoms with Crippen LogP contribution in [-0.4, -0.2) is 50.4 Å². The maximum Gasteiger partial charge on any atom is 0.331 e. The van der Waals surface area contributed by atoms with Gasteiger partial charge in [-0.1, -0.05) is 75.4 Å². The number of ether oxygens (including phenoxy) is 1. The summed E-state index contributed by atoms with van der Waals surface area (Å²) >= 11 is 0. The Balaban J connectivity index is 1.22. The highest BCUT2D eigenvalue weighted by molar-refractivity contribution is 6.99.